The van der Waals surface area contributed by atoms with Gasteiger partial charge in [-0.2, -0.15) is 0 Å². The minimum atomic E-state index is 0.170. The number of aromatic nitrogens is 5. The smallest absolute Gasteiger partial charge is 0.285 e. The van der Waals surface area contributed by atoms with Crippen LogP contribution in [0.5, 0.6) is 5.88 Å². The normalized spacial score (nSPS) is 14.4. The van der Waals surface area contributed by atoms with Crippen molar-refractivity contribution in [1.29, 1.82) is 0 Å². The van der Waals surface area contributed by atoms with E-state index in [0.29, 0.717) is 11.8 Å². The summed E-state index contributed by atoms with van der Waals surface area (Å²) in [7, 11) is 0. The molecule has 7 nitrogen and oxygen atoms in total. The van der Waals surface area contributed by atoms with Crippen molar-refractivity contribution in [1.82, 2.24) is 25.6 Å². The molecule has 0 amide bonds. The maximum absolute atomic E-state index is 5.71. The molecule has 20 heavy (non-hydrogen) atoms. The maximum atomic E-state index is 5.71. The average Bonchev–Trinajstić information content (AvgIpc) is 3.12. The van der Waals surface area contributed by atoms with E-state index in [2.05, 4.69) is 25.6 Å². The van der Waals surface area contributed by atoms with Gasteiger partial charge in [0.2, 0.25) is 5.88 Å². The van der Waals surface area contributed by atoms with Crippen molar-refractivity contribution in [2.75, 3.05) is 0 Å². The van der Waals surface area contributed by atoms with Crippen molar-refractivity contribution in [3.05, 3.63) is 22.7 Å². The first kappa shape index (κ1) is 11.7. The Kier molecular flexibility index (Phi) is 2.80. The molecular weight excluding hydrogens is 278 g/mol. The van der Waals surface area contributed by atoms with Gasteiger partial charge < -0.3 is 9.26 Å². The molecule has 3 aromatic heterocycles. The molecule has 3 heterocycles. The Morgan fingerprint density at radius 1 is 1.25 bits per heavy atom. The molecule has 3 aromatic rings. The molecule has 1 aliphatic carbocycles. The summed E-state index contributed by atoms with van der Waals surface area (Å²) in [5.41, 5.74) is 1.34. The lowest BCUT2D eigenvalue weighted by atomic mass is 9.97. The summed E-state index contributed by atoms with van der Waals surface area (Å²) in [5.74, 6) is 0.924. The zero-order valence-electron chi connectivity index (χ0n) is 10.6. The molecule has 0 unspecified atom stereocenters. The van der Waals surface area contributed by atoms with Crippen LogP contribution >= 0.6 is 11.3 Å². The third-order valence-electron chi connectivity index (χ3n) is 3.39. The molecule has 0 bridgehead atoms. The van der Waals surface area contributed by atoms with Crippen molar-refractivity contribution < 1.29 is 9.26 Å². The standard InChI is InChI=1S/C12H11N5O2S/c1-2-4-8-7(3-1)10-11(13-6-14-12(10)20-8)18-5-9-15-16-17-19-9/h6H,1-5H2. The van der Waals surface area contributed by atoms with Gasteiger partial charge in [-0.05, 0) is 36.5 Å². The SMILES string of the molecule is c1nc(OCc2nnno2)c2c3c(sc2n1)CCCC3. The van der Waals surface area contributed by atoms with E-state index in [0.717, 1.165) is 23.1 Å². The molecule has 0 N–H and O–H groups in total. The minimum Gasteiger partial charge on any atom is -0.467 e. The predicted octanol–water partition coefficient (Wildman–Crippen LogP) is 1.93. The molecule has 0 atom stereocenters. The van der Waals surface area contributed by atoms with Crippen molar-refractivity contribution in [3.63, 3.8) is 0 Å². The fourth-order valence-corrected chi connectivity index (χ4v) is 3.73. The Morgan fingerprint density at radius 2 is 2.20 bits per heavy atom. The average molecular weight is 289 g/mol. The number of aryl methyl sites for hydroxylation is 2. The Hall–Kier alpha value is -2.09. The van der Waals surface area contributed by atoms with Gasteiger partial charge in [0.05, 0.1) is 10.7 Å². The highest BCUT2D eigenvalue weighted by atomic mass is 32.1. The van der Waals surface area contributed by atoms with Gasteiger partial charge in [-0.3, -0.25) is 0 Å². The second-order valence-corrected chi connectivity index (χ2v) is 5.70. The van der Waals surface area contributed by atoms with E-state index in [1.165, 1.54) is 29.6 Å². The van der Waals surface area contributed by atoms with Crippen LogP contribution in [0.3, 0.4) is 0 Å². The number of fused-ring (bicyclic) bond motifs is 3. The van der Waals surface area contributed by atoms with E-state index in [9.17, 15) is 0 Å². The molecule has 0 fully saturated rings. The van der Waals surface area contributed by atoms with Crippen LogP contribution in [0, 0.1) is 0 Å². The molecule has 1 aliphatic rings. The molecule has 8 heteroatoms. The quantitative estimate of drug-likeness (QED) is 0.728. The topological polar surface area (TPSA) is 86.8 Å². The van der Waals surface area contributed by atoms with Gasteiger partial charge >= 0.3 is 0 Å². The highest BCUT2D eigenvalue weighted by Gasteiger charge is 2.20. The number of hydrogen-bond donors (Lipinski definition) is 0. The van der Waals surface area contributed by atoms with Crippen LogP contribution in [-0.2, 0) is 19.4 Å². The summed E-state index contributed by atoms with van der Waals surface area (Å²) in [6, 6.07) is 0. The van der Waals surface area contributed by atoms with Gasteiger partial charge in [-0.25, -0.2) is 9.97 Å². The van der Waals surface area contributed by atoms with Gasteiger partial charge in [0, 0.05) is 4.88 Å². The Bertz CT molecular complexity index is 740. The summed E-state index contributed by atoms with van der Waals surface area (Å²) >= 11 is 1.74. The van der Waals surface area contributed by atoms with E-state index in [1.54, 1.807) is 11.3 Å². The van der Waals surface area contributed by atoms with E-state index >= 15 is 0 Å². The molecular formula is C12H11N5O2S. The van der Waals surface area contributed by atoms with Gasteiger partial charge in [-0.15, -0.1) is 11.3 Å². The van der Waals surface area contributed by atoms with Crippen LogP contribution in [0.4, 0.5) is 0 Å². The van der Waals surface area contributed by atoms with Crippen molar-refractivity contribution in [2.45, 2.75) is 32.3 Å². The summed E-state index contributed by atoms with van der Waals surface area (Å²) in [6.07, 6.45) is 6.19. The first-order chi connectivity index (χ1) is 9.92. The molecule has 102 valence electrons. The second-order valence-electron chi connectivity index (χ2n) is 4.61. The van der Waals surface area contributed by atoms with Crippen LogP contribution in [-0.4, -0.2) is 25.6 Å². The Labute approximate surface area is 118 Å². The Morgan fingerprint density at radius 3 is 3.10 bits per heavy atom. The number of rotatable bonds is 3. The predicted molar refractivity (Wildman–Crippen MR) is 70.5 cm³/mol. The lowest BCUT2D eigenvalue weighted by molar-refractivity contribution is 0.236. The molecule has 0 radical (unpaired) electrons. The van der Waals surface area contributed by atoms with Crippen LogP contribution in [0.25, 0.3) is 10.2 Å². The monoisotopic (exact) mass is 289 g/mol. The van der Waals surface area contributed by atoms with Gasteiger partial charge in [0.1, 0.15) is 11.2 Å². The number of hydrogen-bond acceptors (Lipinski definition) is 8. The molecule has 0 spiro atoms. The summed E-state index contributed by atoms with van der Waals surface area (Å²) in [4.78, 5) is 11.0. The first-order valence-electron chi connectivity index (χ1n) is 6.44. The molecule has 0 aromatic carbocycles. The fourth-order valence-electron chi connectivity index (χ4n) is 2.51. The van der Waals surface area contributed by atoms with Gasteiger partial charge in [-0.1, -0.05) is 5.10 Å². The third kappa shape index (κ3) is 1.92. The zero-order valence-corrected chi connectivity index (χ0v) is 11.4. The van der Waals surface area contributed by atoms with E-state index in [-0.39, 0.29) is 6.61 Å². The van der Waals surface area contributed by atoms with Gasteiger partial charge in [0.25, 0.3) is 5.89 Å². The zero-order chi connectivity index (χ0) is 13.4. The van der Waals surface area contributed by atoms with E-state index in [1.807, 2.05) is 0 Å². The van der Waals surface area contributed by atoms with Crippen LogP contribution in [0.2, 0.25) is 0 Å². The summed E-state index contributed by atoms with van der Waals surface area (Å²) < 4.78 is 10.5. The summed E-state index contributed by atoms with van der Waals surface area (Å²) in [5, 5.41) is 11.4. The van der Waals surface area contributed by atoms with Crippen molar-refractivity contribution >= 4 is 21.6 Å². The highest BCUT2D eigenvalue weighted by Crippen LogP contribution is 2.38. The molecule has 0 saturated heterocycles. The van der Waals surface area contributed by atoms with Crippen molar-refractivity contribution in [3.8, 4) is 5.88 Å². The summed E-state index contributed by atoms with van der Waals surface area (Å²) in [6.45, 7) is 0.170. The minimum absolute atomic E-state index is 0.170. The third-order valence-corrected chi connectivity index (χ3v) is 4.59. The van der Waals surface area contributed by atoms with Gasteiger partial charge in [0.15, 0.2) is 6.61 Å². The lowest BCUT2D eigenvalue weighted by Crippen LogP contribution is -2.02. The highest BCUT2D eigenvalue weighted by molar-refractivity contribution is 7.18. The van der Waals surface area contributed by atoms with E-state index < -0.39 is 0 Å². The fraction of sp³-hybridized carbons (Fsp3) is 0.417. The van der Waals surface area contributed by atoms with Crippen LogP contribution in [0.15, 0.2) is 10.9 Å². The maximum Gasteiger partial charge on any atom is 0.285 e. The number of ether oxygens (including phenoxy) is 1. The second kappa shape index (κ2) is 4.78. The number of nitrogens with zero attached hydrogens (tertiary/aromatic N) is 5. The van der Waals surface area contributed by atoms with E-state index in [4.69, 9.17) is 9.26 Å². The first-order valence-corrected chi connectivity index (χ1v) is 7.25. The molecule has 0 aliphatic heterocycles. The van der Waals surface area contributed by atoms with Crippen LogP contribution in [0.1, 0.15) is 29.2 Å². The molecule has 4 rings (SSSR count). The van der Waals surface area contributed by atoms with Crippen LogP contribution < -0.4 is 4.74 Å². The van der Waals surface area contributed by atoms with Crippen molar-refractivity contribution in [2.24, 2.45) is 0 Å². The largest absolute Gasteiger partial charge is 0.467 e. The Balaban J connectivity index is 1.73. The molecule has 0 saturated carbocycles. The lowest BCUT2D eigenvalue weighted by Gasteiger charge is -2.11. The number of thiophene rings is 1.